The van der Waals surface area contributed by atoms with Crippen molar-refractivity contribution in [1.82, 2.24) is 0 Å². The Morgan fingerprint density at radius 2 is 1.74 bits per heavy atom. The van der Waals surface area contributed by atoms with Gasteiger partial charge in [0.25, 0.3) is 10.1 Å². The largest absolute Gasteiger partial charge is 0.394 e. The van der Waals surface area contributed by atoms with E-state index in [1.807, 2.05) is 6.92 Å². The molecule has 0 amide bonds. The van der Waals surface area contributed by atoms with Crippen LogP contribution in [0.5, 0.6) is 0 Å². The van der Waals surface area contributed by atoms with Crippen LogP contribution in [0, 0.1) is 0 Å². The third kappa shape index (κ3) is 15.7. The maximum absolute atomic E-state index is 10.4. The molecule has 0 spiro atoms. The van der Waals surface area contributed by atoms with Crippen LogP contribution in [0.15, 0.2) is 0 Å². The van der Waals surface area contributed by atoms with Gasteiger partial charge in [0.05, 0.1) is 44.9 Å². The smallest absolute Gasteiger partial charge is 0.264 e. The fraction of sp³-hybridized carbons (Fsp3) is 1.00. The molecule has 0 saturated carbocycles. The third-order valence-electron chi connectivity index (χ3n) is 2.16. The lowest BCUT2D eigenvalue weighted by atomic mass is 10.4. The Bertz CT molecular complexity index is 291. The number of aliphatic hydroxyl groups excluding tert-OH is 1. The number of aliphatic hydroxyl groups is 1. The first-order valence-corrected chi connectivity index (χ1v) is 7.89. The lowest BCUT2D eigenvalue weighted by molar-refractivity contribution is -0.0316. The molecule has 0 bridgehead atoms. The molecule has 0 aliphatic carbocycles. The molecule has 0 fully saturated rings. The summed E-state index contributed by atoms with van der Waals surface area (Å²) in [7, 11) is -3.85. The van der Waals surface area contributed by atoms with Gasteiger partial charge in [-0.1, -0.05) is 0 Å². The first-order valence-electron chi connectivity index (χ1n) is 6.29. The van der Waals surface area contributed by atoms with Crippen molar-refractivity contribution in [2.75, 3.05) is 45.4 Å². The molecular weight excluding hydrogens is 276 g/mol. The number of rotatable bonds is 13. The minimum Gasteiger partial charge on any atom is -0.394 e. The zero-order valence-electron chi connectivity index (χ0n) is 11.3. The maximum Gasteiger partial charge on any atom is 0.264 e. The van der Waals surface area contributed by atoms with Gasteiger partial charge >= 0.3 is 0 Å². The van der Waals surface area contributed by atoms with E-state index in [0.717, 1.165) is 0 Å². The van der Waals surface area contributed by atoms with E-state index in [9.17, 15) is 8.42 Å². The Hall–Kier alpha value is -0.250. The molecule has 0 radical (unpaired) electrons. The fourth-order valence-electron chi connectivity index (χ4n) is 1.26. The number of hydrogen-bond donors (Lipinski definition) is 2. The van der Waals surface area contributed by atoms with Crippen LogP contribution in [-0.4, -0.2) is 69.6 Å². The van der Waals surface area contributed by atoms with Crippen molar-refractivity contribution >= 4 is 10.1 Å². The van der Waals surface area contributed by atoms with Gasteiger partial charge in [-0.15, -0.1) is 0 Å². The van der Waals surface area contributed by atoms with Gasteiger partial charge in [-0.2, -0.15) is 8.42 Å². The normalized spacial score (nSPS) is 13.6. The summed E-state index contributed by atoms with van der Waals surface area (Å²) >= 11 is 0. The minimum atomic E-state index is -3.85. The van der Waals surface area contributed by atoms with Gasteiger partial charge in [0.1, 0.15) is 0 Å². The molecule has 0 aromatic rings. The standard InChI is InChI=1S/C11H24O7S/c1-11(18-6-4-12)10-17-8-7-16-5-2-3-9-19(13,14)15/h11-12H,2-10H2,1H3,(H,13,14,15). The maximum atomic E-state index is 10.4. The lowest BCUT2D eigenvalue weighted by Gasteiger charge is -2.12. The van der Waals surface area contributed by atoms with Gasteiger partial charge in [0, 0.05) is 6.61 Å². The van der Waals surface area contributed by atoms with E-state index in [-0.39, 0.29) is 18.5 Å². The van der Waals surface area contributed by atoms with Gasteiger partial charge in [-0.3, -0.25) is 4.55 Å². The molecule has 0 aliphatic rings. The highest BCUT2D eigenvalue weighted by Gasteiger charge is 2.03. The fourth-order valence-corrected chi connectivity index (χ4v) is 1.83. The summed E-state index contributed by atoms with van der Waals surface area (Å²) in [4.78, 5) is 0. The van der Waals surface area contributed by atoms with Gasteiger partial charge in [0.15, 0.2) is 0 Å². The molecule has 1 atom stereocenters. The highest BCUT2D eigenvalue weighted by atomic mass is 32.2. The Balaban J connectivity index is 3.19. The highest BCUT2D eigenvalue weighted by molar-refractivity contribution is 7.85. The lowest BCUT2D eigenvalue weighted by Crippen LogP contribution is -2.19. The molecule has 0 aliphatic heterocycles. The average Bonchev–Trinajstić information content (AvgIpc) is 2.33. The second kappa shape index (κ2) is 11.6. The van der Waals surface area contributed by atoms with Crippen molar-refractivity contribution in [3.8, 4) is 0 Å². The van der Waals surface area contributed by atoms with E-state index in [1.165, 1.54) is 0 Å². The quantitative estimate of drug-likeness (QED) is 0.367. The minimum absolute atomic E-state index is 0.00297. The molecule has 1 unspecified atom stereocenters. The predicted octanol–water partition coefficient (Wildman–Crippen LogP) is 0.0850. The third-order valence-corrected chi connectivity index (χ3v) is 2.96. The Morgan fingerprint density at radius 3 is 2.37 bits per heavy atom. The molecule has 7 nitrogen and oxygen atoms in total. The van der Waals surface area contributed by atoms with E-state index >= 15 is 0 Å². The second-order valence-electron chi connectivity index (χ2n) is 4.09. The second-order valence-corrected chi connectivity index (χ2v) is 5.66. The zero-order valence-corrected chi connectivity index (χ0v) is 12.1. The summed E-state index contributed by atoms with van der Waals surface area (Å²) < 4.78 is 45.0. The summed E-state index contributed by atoms with van der Waals surface area (Å²) in [6.45, 7) is 3.89. The van der Waals surface area contributed by atoms with Crippen LogP contribution < -0.4 is 0 Å². The molecule has 0 aromatic heterocycles. The van der Waals surface area contributed by atoms with Gasteiger partial charge in [-0.05, 0) is 19.8 Å². The number of ether oxygens (including phenoxy) is 3. The van der Waals surface area contributed by atoms with Crippen molar-refractivity contribution < 1.29 is 32.3 Å². The van der Waals surface area contributed by atoms with Crippen LogP contribution in [0.4, 0.5) is 0 Å². The Labute approximate surface area is 114 Å². The number of unbranched alkanes of at least 4 members (excludes halogenated alkanes) is 1. The predicted molar refractivity (Wildman–Crippen MR) is 69.8 cm³/mol. The van der Waals surface area contributed by atoms with Crippen LogP contribution in [-0.2, 0) is 24.3 Å². The van der Waals surface area contributed by atoms with Crippen LogP contribution in [0.3, 0.4) is 0 Å². The summed E-state index contributed by atoms with van der Waals surface area (Å²) in [6, 6.07) is 0. The van der Waals surface area contributed by atoms with E-state index in [2.05, 4.69) is 0 Å². The van der Waals surface area contributed by atoms with Gasteiger partial charge < -0.3 is 19.3 Å². The Morgan fingerprint density at radius 1 is 1.05 bits per heavy atom. The monoisotopic (exact) mass is 300 g/mol. The van der Waals surface area contributed by atoms with Crippen LogP contribution in [0.2, 0.25) is 0 Å². The van der Waals surface area contributed by atoms with E-state index in [4.69, 9.17) is 23.9 Å². The molecule has 8 heteroatoms. The molecule has 0 rings (SSSR count). The SMILES string of the molecule is CC(COCCOCCCCS(=O)(=O)O)OCCO. The molecule has 0 saturated heterocycles. The Kier molecular flexibility index (Phi) is 11.4. The van der Waals surface area contributed by atoms with Crippen molar-refractivity contribution in [3.05, 3.63) is 0 Å². The van der Waals surface area contributed by atoms with Crippen molar-refractivity contribution in [2.45, 2.75) is 25.9 Å². The first-order chi connectivity index (χ1) is 8.95. The summed E-state index contributed by atoms with van der Waals surface area (Å²) in [5.41, 5.74) is 0. The first kappa shape index (κ1) is 18.8. The van der Waals surface area contributed by atoms with E-state index < -0.39 is 10.1 Å². The van der Waals surface area contributed by atoms with Gasteiger partial charge in [-0.25, -0.2) is 0 Å². The zero-order chi connectivity index (χ0) is 14.6. The average molecular weight is 300 g/mol. The van der Waals surface area contributed by atoms with E-state index in [0.29, 0.717) is 45.9 Å². The van der Waals surface area contributed by atoms with Crippen LogP contribution in [0.25, 0.3) is 0 Å². The van der Waals surface area contributed by atoms with Crippen molar-refractivity contribution in [3.63, 3.8) is 0 Å². The van der Waals surface area contributed by atoms with Crippen LogP contribution >= 0.6 is 0 Å². The molecule has 2 N–H and O–H groups in total. The molecule has 116 valence electrons. The summed E-state index contributed by atoms with van der Waals surface area (Å²) in [5, 5.41) is 8.54. The topological polar surface area (TPSA) is 102 Å². The summed E-state index contributed by atoms with van der Waals surface area (Å²) in [5.74, 6) is -0.230. The molecule has 19 heavy (non-hydrogen) atoms. The molecule has 0 heterocycles. The van der Waals surface area contributed by atoms with E-state index in [1.54, 1.807) is 0 Å². The number of hydrogen-bond acceptors (Lipinski definition) is 6. The highest BCUT2D eigenvalue weighted by Crippen LogP contribution is 1.95. The molecule has 0 aromatic carbocycles. The van der Waals surface area contributed by atoms with Gasteiger partial charge in [0.2, 0.25) is 0 Å². The van der Waals surface area contributed by atoms with Crippen molar-refractivity contribution in [1.29, 1.82) is 0 Å². The van der Waals surface area contributed by atoms with Crippen LogP contribution in [0.1, 0.15) is 19.8 Å². The van der Waals surface area contributed by atoms with Crippen molar-refractivity contribution in [2.24, 2.45) is 0 Å². The summed E-state index contributed by atoms with van der Waals surface area (Å²) in [6.07, 6.45) is 0.892. The molecular formula is C11H24O7S.